The first-order valence-corrected chi connectivity index (χ1v) is 5.76. The number of hydrogen-bond donors (Lipinski definition) is 0. The van der Waals surface area contributed by atoms with Crippen LogP contribution in [0.1, 0.15) is 18.4 Å². The maximum atomic E-state index is 11.7. The summed E-state index contributed by atoms with van der Waals surface area (Å²) in [7, 11) is 0. The van der Waals surface area contributed by atoms with Crippen LogP contribution in [0.15, 0.2) is 21.5 Å². The van der Waals surface area contributed by atoms with Gasteiger partial charge in [0.05, 0.1) is 0 Å². The lowest BCUT2D eigenvalue weighted by molar-refractivity contribution is -0.129. The van der Waals surface area contributed by atoms with Crippen LogP contribution in [0, 0.1) is 12.8 Å². The molecule has 15 heavy (non-hydrogen) atoms. The van der Waals surface area contributed by atoms with Crippen molar-refractivity contribution in [1.29, 1.82) is 0 Å². The molecule has 2 rings (SSSR count). The molecule has 0 aromatic carbocycles. The molecule has 0 spiro atoms. The highest BCUT2D eigenvalue weighted by molar-refractivity contribution is 9.10. The first kappa shape index (κ1) is 10.6. The molecule has 1 atom stereocenters. The second-order valence-corrected chi connectivity index (χ2v) is 4.92. The molecule has 1 aromatic heterocycles. The van der Waals surface area contributed by atoms with Gasteiger partial charge in [0, 0.05) is 35.1 Å². The topological polar surface area (TPSA) is 39.1 Å². The quantitative estimate of drug-likeness (QED) is 0.823. The molecule has 0 aliphatic heterocycles. The number of aromatic nitrogens is 1. The molecule has 3 nitrogen and oxygen atoms in total. The van der Waals surface area contributed by atoms with Crippen molar-refractivity contribution in [3.05, 3.63) is 32.7 Å². The summed E-state index contributed by atoms with van der Waals surface area (Å²) in [5.41, 5.74) is 0.703. The molecule has 0 radical (unpaired) electrons. The van der Waals surface area contributed by atoms with E-state index in [1.54, 1.807) is 23.8 Å². The molecule has 1 unspecified atom stereocenters. The highest BCUT2D eigenvalue weighted by Crippen LogP contribution is 2.23. The third-order valence-electron chi connectivity index (χ3n) is 2.84. The zero-order chi connectivity index (χ0) is 11.0. The summed E-state index contributed by atoms with van der Waals surface area (Å²) >= 11 is 3.35. The van der Waals surface area contributed by atoms with E-state index in [2.05, 4.69) is 15.9 Å². The minimum atomic E-state index is -0.00194. The van der Waals surface area contributed by atoms with E-state index in [0.29, 0.717) is 18.5 Å². The fourth-order valence-electron chi connectivity index (χ4n) is 1.77. The number of rotatable bonds is 2. The summed E-state index contributed by atoms with van der Waals surface area (Å²) in [6.07, 6.45) is 3.34. The van der Waals surface area contributed by atoms with E-state index in [4.69, 9.17) is 0 Å². The third kappa shape index (κ3) is 2.04. The lowest BCUT2D eigenvalue weighted by Crippen LogP contribution is -2.34. The molecule has 0 saturated heterocycles. The van der Waals surface area contributed by atoms with E-state index in [-0.39, 0.29) is 17.3 Å². The Morgan fingerprint density at radius 3 is 2.80 bits per heavy atom. The molecule has 1 aliphatic carbocycles. The Balaban J connectivity index is 2.28. The van der Waals surface area contributed by atoms with E-state index in [1.165, 1.54) is 0 Å². The predicted octanol–water partition coefficient (Wildman–Crippen LogP) is 1.90. The fraction of sp³-hybridized carbons (Fsp3) is 0.455. The summed E-state index contributed by atoms with van der Waals surface area (Å²) in [5, 5.41) is 0. The van der Waals surface area contributed by atoms with E-state index in [9.17, 15) is 9.59 Å². The van der Waals surface area contributed by atoms with Crippen LogP contribution in [0.5, 0.6) is 0 Å². The monoisotopic (exact) mass is 269 g/mol. The van der Waals surface area contributed by atoms with Crippen LogP contribution in [-0.4, -0.2) is 10.4 Å². The van der Waals surface area contributed by atoms with Crippen molar-refractivity contribution in [2.45, 2.75) is 26.3 Å². The number of ketones is 1. The number of halogens is 1. The highest BCUT2D eigenvalue weighted by Gasteiger charge is 2.28. The summed E-state index contributed by atoms with van der Waals surface area (Å²) < 4.78 is 2.51. The van der Waals surface area contributed by atoms with Crippen LogP contribution in [-0.2, 0) is 11.3 Å². The molecule has 4 heteroatoms. The molecule has 0 amide bonds. The fourth-order valence-corrected chi connectivity index (χ4v) is 2.36. The summed E-state index contributed by atoms with van der Waals surface area (Å²) in [4.78, 5) is 22.9. The molecule has 1 heterocycles. The number of carbonyl (C=O) groups is 1. The Morgan fingerprint density at radius 2 is 2.27 bits per heavy atom. The summed E-state index contributed by atoms with van der Waals surface area (Å²) in [6, 6.07) is 1.79. The van der Waals surface area contributed by atoms with Crippen molar-refractivity contribution in [2.24, 2.45) is 5.92 Å². The normalized spacial score (nSPS) is 20.1. The van der Waals surface area contributed by atoms with Crippen molar-refractivity contribution in [3.63, 3.8) is 0 Å². The van der Waals surface area contributed by atoms with Crippen LogP contribution in [0.3, 0.4) is 0 Å². The van der Waals surface area contributed by atoms with Crippen molar-refractivity contribution < 1.29 is 4.79 Å². The van der Waals surface area contributed by atoms with Crippen LogP contribution in [0.2, 0.25) is 0 Å². The van der Waals surface area contributed by atoms with Crippen molar-refractivity contribution in [1.82, 2.24) is 4.57 Å². The molecule has 1 aromatic rings. The average Bonchev–Trinajstić information content (AvgIpc) is 2.18. The summed E-state index contributed by atoms with van der Waals surface area (Å²) in [5.74, 6) is 0.330. The number of carbonyl (C=O) groups excluding carboxylic acids is 1. The van der Waals surface area contributed by atoms with Gasteiger partial charge in [-0.15, -0.1) is 0 Å². The zero-order valence-corrected chi connectivity index (χ0v) is 10.1. The minimum Gasteiger partial charge on any atom is -0.313 e. The second-order valence-electron chi connectivity index (χ2n) is 4.00. The van der Waals surface area contributed by atoms with Gasteiger partial charge in [-0.05, 0) is 35.3 Å². The Hall–Kier alpha value is -0.900. The lowest BCUT2D eigenvalue weighted by atomic mass is 9.84. The van der Waals surface area contributed by atoms with Gasteiger partial charge in [0.1, 0.15) is 5.78 Å². The molecule has 80 valence electrons. The van der Waals surface area contributed by atoms with Crippen LogP contribution >= 0.6 is 15.9 Å². The van der Waals surface area contributed by atoms with Gasteiger partial charge in [0.15, 0.2) is 0 Å². The van der Waals surface area contributed by atoms with Gasteiger partial charge in [0.2, 0.25) is 0 Å². The molecular formula is C11H12BrNO2. The molecule has 0 bridgehead atoms. The highest BCUT2D eigenvalue weighted by atomic mass is 79.9. The second kappa shape index (κ2) is 3.93. The summed E-state index contributed by atoms with van der Waals surface area (Å²) in [6.45, 7) is 2.31. The lowest BCUT2D eigenvalue weighted by Gasteiger charge is -2.24. The molecule has 0 N–H and O–H groups in total. The largest absolute Gasteiger partial charge is 0.313 e. The van der Waals surface area contributed by atoms with E-state index in [0.717, 1.165) is 10.9 Å². The van der Waals surface area contributed by atoms with Gasteiger partial charge in [-0.2, -0.15) is 0 Å². The van der Waals surface area contributed by atoms with Crippen molar-refractivity contribution >= 4 is 21.7 Å². The number of aryl methyl sites for hydroxylation is 1. The van der Waals surface area contributed by atoms with Gasteiger partial charge >= 0.3 is 0 Å². The number of hydrogen-bond acceptors (Lipinski definition) is 2. The maximum absolute atomic E-state index is 11.7. The van der Waals surface area contributed by atoms with Gasteiger partial charge in [0.25, 0.3) is 5.56 Å². The first-order chi connectivity index (χ1) is 7.08. The SMILES string of the molecule is Cc1cc(Br)cn(CC2CCC2=O)c1=O. The van der Waals surface area contributed by atoms with Gasteiger partial charge in [-0.1, -0.05) is 0 Å². The van der Waals surface area contributed by atoms with Gasteiger partial charge in [-0.3, -0.25) is 9.59 Å². The maximum Gasteiger partial charge on any atom is 0.253 e. The standard InChI is InChI=1S/C11H12BrNO2/c1-7-4-9(12)6-13(11(7)15)5-8-2-3-10(8)14/h4,6,8H,2-3,5H2,1H3. The van der Waals surface area contributed by atoms with Crippen LogP contribution in [0.25, 0.3) is 0 Å². The van der Waals surface area contributed by atoms with E-state index < -0.39 is 0 Å². The van der Waals surface area contributed by atoms with Crippen LogP contribution in [0.4, 0.5) is 0 Å². The Labute approximate surface area is 96.2 Å². The molecule has 1 aliphatic rings. The Bertz CT molecular complexity index is 464. The third-order valence-corrected chi connectivity index (χ3v) is 3.28. The van der Waals surface area contributed by atoms with Gasteiger partial charge in [-0.25, -0.2) is 0 Å². The number of pyridine rings is 1. The van der Waals surface area contributed by atoms with Crippen molar-refractivity contribution in [2.75, 3.05) is 0 Å². The Morgan fingerprint density at radius 1 is 1.53 bits per heavy atom. The molecule has 1 saturated carbocycles. The zero-order valence-electron chi connectivity index (χ0n) is 8.50. The Kier molecular flexibility index (Phi) is 2.78. The van der Waals surface area contributed by atoms with E-state index in [1.807, 2.05) is 0 Å². The number of nitrogens with zero attached hydrogens (tertiary/aromatic N) is 1. The first-order valence-electron chi connectivity index (χ1n) is 4.97. The minimum absolute atomic E-state index is 0.00194. The van der Waals surface area contributed by atoms with E-state index >= 15 is 0 Å². The van der Waals surface area contributed by atoms with Crippen molar-refractivity contribution in [3.8, 4) is 0 Å². The van der Waals surface area contributed by atoms with Crippen LogP contribution < -0.4 is 5.56 Å². The smallest absolute Gasteiger partial charge is 0.253 e. The molecular weight excluding hydrogens is 258 g/mol. The molecule has 1 fully saturated rings. The number of Topliss-reactive ketones (excluding diaryl/α,β-unsaturated/α-hetero) is 1. The average molecular weight is 270 g/mol. The predicted molar refractivity (Wildman–Crippen MR) is 60.9 cm³/mol. The van der Waals surface area contributed by atoms with Gasteiger partial charge < -0.3 is 4.57 Å².